The van der Waals surface area contributed by atoms with Gasteiger partial charge in [0.2, 0.25) is 0 Å². The van der Waals surface area contributed by atoms with Gasteiger partial charge in [-0.15, -0.1) is 0 Å². The Morgan fingerprint density at radius 1 is 1.69 bits per heavy atom. The summed E-state index contributed by atoms with van der Waals surface area (Å²) in [6.07, 6.45) is 2.23. The van der Waals surface area contributed by atoms with Gasteiger partial charge in [-0.1, -0.05) is 16.8 Å². The van der Waals surface area contributed by atoms with Crippen LogP contribution in [0.3, 0.4) is 0 Å². The SMILES string of the molecule is CN1CCCC1c1onc(Cl)c1N. The van der Waals surface area contributed by atoms with Crippen molar-refractivity contribution < 1.29 is 4.52 Å². The molecule has 1 aliphatic heterocycles. The number of rotatable bonds is 1. The van der Waals surface area contributed by atoms with Crippen molar-refractivity contribution in [1.82, 2.24) is 10.1 Å². The smallest absolute Gasteiger partial charge is 0.195 e. The number of nitrogens with two attached hydrogens (primary N) is 1. The third-order valence-electron chi connectivity index (χ3n) is 2.53. The van der Waals surface area contributed by atoms with Gasteiger partial charge in [-0.3, -0.25) is 4.90 Å². The van der Waals surface area contributed by atoms with Crippen LogP contribution in [0.1, 0.15) is 24.6 Å². The standard InChI is InChI=1S/C8H12ClN3O/c1-12-4-2-3-5(12)7-6(10)8(9)11-13-7/h5H,2-4,10H2,1H3. The lowest BCUT2D eigenvalue weighted by Crippen LogP contribution is -2.17. The van der Waals surface area contributed by atoms with Crippen LogP contribution >= 0.6 is 11.6 Å². The number of anilines is 1. The van der Waals surface area contributed by atoms with Crippen LogP contribution in [0.25, 0.3) is 0 Å². The van der Waals surface area contributed by atoms with E-state index in [-0.39, 0.29) is 11.2 Å². The molecule has 1 saturated heterocycles. The number of nitrogens with zero attached hydrogens (tertiary/aromatic N) is 2. The molecule has 0 saturated carbocycles. The molecule has 2 rings (SSSR count). The molecule has 72 valence electrons. The second-order valence-corrected chi connectivity index (χ2v) is 3.75. The minimum absolute atomic E-state index is 0.250. The predicted molar refractivity (Wildman–Crippen MR) is 50.5 cm³/mol. The highest BCUT2D eigenvalue weighted by atomic mass is 35.5. The molecule has 0 spiro atoms. The first-order chi connectivity index (χ1) is 6.20. The summed E-state index contributed by atoms with van der Waals surface area (Å²) in [7, 11) is 2.05. The van der Waals surface area contributed by atoms with Crippen molar-refractivity contribution in [3.63, 3.8) is 0 Å². The lowest BCUT2D eigenvalue weighted by molar-refractivity contribution is 0.253. The number of likely N-dealkylation sites (tertiary alicyclic amines) is 1. The Kier molecular flexibility index (Phi) is 2.17. The van der Waals surface area contributed by atoms with Gasteiger partial charge in [-0.05, 0) is 26.4 Å². The van der Waals surface area contributed by atoms with Gasteiger partial charge in [0.05, 0.1) is 6.04 Å². The van der Waals surface area contributed by atoms with E-state index in [1.807, 2.05) is 7.05 Å². The Balaban J connectivity index is 2.29. The van der Waals surface area contributed by atoms with Gasteiger partial charge in [0, 0.05) is 0 Å². The van der Waals surface area contributed by atoms with Crippen LogP contribution in [-0.4, -0.2) is 23.6 Å². The minimum Gasteiger partial charge on any atom is -0.393 e. The fraction of sp³-hybridized carbons (Fsp3) is 0.625. The highest BCUT2D eigenvalue weighted by Crippen LogP contribution is 2.36. The predicted octanol–water partition coefficient (Wildman–Crippen LogP) is 1.68. The maximum atomic E-state index is 5.73. The minimum atomic E-state index is 0.250. The van der Waals surface area contributed by atoms with Crippen LogP contribution in [0.4, 0.5) is 5.69 Å². The van der Waals surface area contributed by atoms with Gasteiger partial charge in [0.1, 0.15) is 5.69 Å². The maximum Gasteiger partial charge on any atom is 0.195 e. The summed E-state index contributed by atoms with van der Waals surface area (Å²) in [4.78, 5) is 2.20. The first kappa shape index (κ1) is 8.84. The average molecular weight is 202 g/mol. The van der Waals surface area contributed by atoms with Crippen molar-refractivity contribution in [2.45, 2.75) is 18.9 Å². The van der Waals surface area contributed by atoms with Crippen LogP contribution in [0.2, 0.25) is 5.15 Å². The van der Waals surface area contributed by atoms with Gasteiger partial charge in [0.15, 0.2) is 10.9 Å². The molecule has 13 heavy (non-hydrogen) atoms. The zero-order valence-electron chi connectivity index (χ0n) is 7.46. The van der Waals surface area contributed by atoms with Crippen molar-refractivity contribution in [2.75, 3.05) is 19.3 Å². The topological polar surface area (TPSA) is 55.3 Å². The first-order valence-electron chi connectivity index (χ1n) is 4.31. The molecule has 2 heterocycles. The van der Waals surface area contributed by atoms with Gasteiger partial charge in [-0.25, -0.2) is 0 Å². The van der Waals surface area contributed by atoms with Gasteiger partial charge in [0.25, 0.3) is 0 Å². The van der Waals surface area contributed by atoms with E-state index in [0.717, 1.165) is 13.0 Å². The quantitative estimate of drug-likeness (QED) is 0.751. The molecule has 1 atom stereocenters. The molecule has 0 amide bonds. The maximum absolute atomic E-state index is 5.73. The number of halogens is 1. The van der Waals surface area contributed by atoms with Crippen molar-refractivity contribution in [3.8, 4) is 0 Å². The molecule has 1 aromatic heterocycles. The second kappa shape index (κ2) is 3.20. The summed E-state index contributed by atoms with van der Waals surface area (Å²) >= 11 is 5.71. The molecule has 1 aromatic rings. The molecule has 1 aliphatic rings. The highest BCUT2D eigenvalue weighted by molar-refractivity contribution is 6.31. The molecule has 0 aromatic carbocycles. The molecule has 0 bridgehead atoms. The van der Waals surface area contributed by atoms with E-state index in [9.17, 15) is 0 Å². The van der Waals surface area contributed by atoms with Gasteiger partial charge < -0.3 is 10.3 Å². The van der Waals surface area contributed by atoms with E-state index in [1.165, 1.54) is 6.42 Å². The van der Waals surface area contributed by atoms with Gasteiger partial charge in [-0.2, -0.15) is 0 Å². The lowest BCUT2D eigenvalue weighted by atomic mass is 10.1. The van der Waals surface area contributed by atoms with E-state index >= 15 is 0 Å². The van der Waals surface area contributed by atoms with Crippen molar-refractivity contribution in [1.29, 1.82) is 0 Å². The van der Waals surface area contributed by atoms with E-state index < -0.39 is 0 Å². The molecule has 1 fully saturated rings. The van der Waals surface area contributed by atoms with E-state index in [1.54, 1.807) is 0 Å². The molecule has 0 aliphatic carbocycles. The number of hydrogen-bond donors (Lipinski definition) is 1. The zero-order chi connectivity index (χ0) is 9.42. The van der Waals surface area contributed by atoms with Crippen LogP contribution < -0.4 is 5.73 Å². The normalized spacial score (nSPS) is 24.0. The fourth-order valence-electron chi connectivity index (χ4n) is 1.77. The Labute approximate surface area is 81.6 Å². The van der Waals surface area contributed by atoms with Crippen LogP contribution in [-0.2, 0) is 0 Å². The molecule has 1 unspecified atom stereocenters. The average Bonchev–Trinajstić information content (AvgIpc) is 2.62. The van der Waals surface area contributed by atoms with Crippen LogP contribution in [0.15, 0.2) is 4.52 Å². The van der Waals surface area contributed by atoms with E-state index in [4.69, 9.17) is 21.9 Å². The fourth-order valence-corrected chi connectivity index (χ4v) is 1.90. The molecule has 4 nitrogen and oxygen atoms in total. The largest absolute Gasteiger partial charge is 0.393 e. The van der Waals surface area contributed by atoms with Crippen molar-refractivity contribution in [3.05, 3.63) is 10.9 Å². The Morgan fingerprint density at radius 3 is 2.92 bits per heavy atom. The lowest BCUT2D eigenvalue weighted by Gasteiger charge is -2.16. The van der Waals surface area contributed by atoms with Gasteiger partial charge >= 0.3 is 0 Å². The molecule has 2 N–H and O–H groups in total. The molecular weight excluding hydrogens is 190 g/mol. The number of nitrogen functional groups attached to an aromatic ring is 1. The molecule has 5 heteroatoms. The van der Waals surface area contributed by atoms with Crippen LogP contribution in [0, 0.1) is 0 Å². The number of aromatic nitrogens is 1. The third kappa shape index (κ3) is 1.40. The van der Waals surface area contributed by atoms with Crippen molar-refractivity contribution in [2.24, 2.45) is 0 Å². The van der Waals surface area contributed by atoms with Crippen molar-refractivity contribution >= 4 is 17.3 Å². The first-order valence-corrected chi connectivity index (χ1v) is 4.68. The summed E-state index contributed by atoms with van der Waals surface area (Å²) in [5.74, 6) is 0.713. The highest BCUT2D eigenvalue weighted by Gasteiger charge is 2.29. The summed E-state index contributed by atoms with van der Waals surface area (Å²) in [5.41, 5.74) is 6.22. The summed E-state index contributed by atoms with van der Waals surface area (Å²) in [6.45, 7) is 1.07. The third-order valence-corrected chi connectivity index (χ3v) is 2.81. The zero-order valence-corrected chi connectivity index (χ0v) is 8.21. The monoisotopic (exact) mass is 201 g/mol. The Morgan fingerprint density at radius 2 is 2.46 bits per heavy atom. The van der Waals surface area contributed by atoms with E-state index in [2.05, 4.69) is 10.1 Å². The molecule has 0 radical (unpaired) electrons. The van der Waals surface area contributed by atoms with Crippen LogP contribution in [0.5, 0.6) is 0 Å². The van der Waals surface area contributed by atoms with E-state index in [0.29, 0.717) is 11.4 Å². The number of hydrogen-bond acceptors (Lipinski definition) is 4. The summed E-state index contributed by atoms with van der Waals surface area (Å²) in [6, 6.07) is 0.250. The molecular formula is C8H12ClN3O. The Hall–Kier alpha value is -0.740. The Bertz CT molecular complexity index is 312. The second-order valence-electron chi connectivity index (χ2n) is 3.39. The summed E-state index contributed by atoms with van der Waals surface area (Å²) in [5, 5.41) is 3.91. The summed E-state index contributed by atoms with van der Waals surface area (Å²) < 4.78 is 5.10.